The van der Waals surface area contributed by atoms with Gasteiger partial charge in [-0.2, -0.15) is 0 Å². The zero-order valence-corrected chi connectivity index (χ0v) is 26.8. The highest BCUT2D eigenvalue weighted by Crippen LogP contribution is 2.54. The van der Waals surface area contributed by atoms with Crippen molar-refractivity contribution >= 4 is 27.5 Å². The number of benzene rings is 5. The lowest BCUT2D eigenvalue weighted by molar-refractivity contribution is 0.666. The smallest absolute Gasteiger partial charge is 0.164 e. The Morgan fingerprint density at radius 1 is 0.596 bits per heavy atom. The van der Waals surface area contributed by atoms with Crippen LogP contribution in [0.3, 0.4) is 0 Å². The minimum Gasteiger partial charge on any atom is -0.313 e. The van der Waals surface area contributed by atoms with Gasteiger partial charge in [-0.05, 0) is 52.8 Å². The fourth-order valence-corrected chi connectivity index (χ4v) is 7.83. The van der Waals surface area contributed by atoms with Gasteiger partial charge in [-0.25, -0.2) is 15.0 Å². The molecule has 47 heavy (non-hydrogen) atoms. The van der Waals surface area contributed by atoms with Crippen LogP contribution in [-0.2, 0) is 5.41 Å². The predicted octanol–water partition coefficient (Wildman–Crippen LogP) is 10.7. The molecular weight excluding hydrogens is 573 g/mol. The number of allylic oxidation sites excluding steroid dienone is 4. The maximum atomic E-state index is 5.20. The maximum absolute atomic E-state index is 5.20. The third-order valence-electron chi connectivity index (χ3n) is 9.96. The van der Waals surface area contributed by atoms with Gasteiger partial charge in [0.1, 0.15) is 0 Å². The van der Waals surface area contributed by atoms with Crippen LogP contribution in [0.25, 0.3) is 72.8 Å². The quantitative estimate of drug-likeness (QED) is 0.200. The van der Waals surface area contributed by atoms with E-state index in [1.807, 2.05) is 36.4 Å². The summed E-state index contributed by atoms with van der Waals surface area (Å²) in [6.07, 6.45) is 7.76. The zero-order valence-electron chi connectivity index (χ0n) is 26.8. The van der Waals surface area contributed by atoms with Crippen LogP contribution < -0.4 is 0 Å². The summed E-state index contributed by atoms with van der Waals surface area (Å²) in [4.78, 5) is 15.4. The summed E-state index contributed by atoms with van der Waals surface area (Å²) in [7, 11) is 0. The third kappa shape index (κ3) is 4.25. The molecule has 5 aromatic carbocycles. The molecular formula is C43H34N4. The van der Waals surface area contributed by atoms with Gasteiger partial charge in [0, 0.05) is 38.6 Å². The molecule has 0 bridgehead atoms. The lowest BCUT2D eigenvalue weighted by Gasteiger charge is -2.23. The van der Waals surface area contributed by atoms with Gasteiger partial charge in [-0.3, -0.25) is 0 Å². The molecule has 0 radical (unpaired) electrons. The summed E-state index contributed by atoms with van der Waals surface area (Å²) in [5.74, 6) is 2.48. The van der Waals surface area contributed by atoms with Crippen molar-refractivity contribution in [1.29, 1.82) is 0 Å². The van der Waals surface area contributed by atoms with E-state index in [1.165, 1.54) is 49.8 Å². The molecule has 4 nitrogen and oxygen atoms in total. The third-order valence-corrected chi connectivity index (χ3v) is 9.96. The molecule has 0 saturated carbocycles. The number of nitrogens with zero attached hydrogens (tertiary/aromatic N) is 4. The molecule has 2 aromatic heterocycles. The van der Waals surface area contributed by atoms with E-state index >= 15 is 0 Å². The molecule has 1 atom stereocenters. The number of aromatic nitrogens is 4. The van der Waals surface area contributed by atoms with Crippen LogP contribution in [0, 0.1) is 5.92 Å². The van der Waals surface area contributed by atoms with Crippen LogP contribution in [-0.4, -0.2) is 19.5 Å². The average Bonchev–Trinajstić information content (AvgIpc) is 3.57. The van der Waals surface area contributed by atoms with E-state index in [9.17, 15) is 0 Å². The summed E-state index contributed by atoms with van der Waals surface area (Å²) < 4.78 is 2.49. The van der Waals surface area contributed by atoms with Gasteiger partial charge in [0.05, 0.1) is 11.0 Å². The van der Waals surface area contributed by atoms with Gasteiger partial charge in [0.25, 0.3) is 0 Å². The van der Waals surface area contributed by atoms with E-state index in [0.29, 0.717) is 23.4 Å². The number of rotatable bonds is 4. The minimum atomic E-state index is -0.185. The van der Waals surface area contributed by atoms with Gasteiger partial charge in [0.2, 0.25) is 0 Å². The van der Waals surface area contributed by atoms with Crippen LogP contribution in [0.5, 0.6) is 0 Å². The largest absolute Gasteiger partial charge is 0.313 e. The Labute approximate surface area is 274 Å². The Bertz CT molecular complexity index is 2350. The second kappa shape index (κ2) is 10.5. The number of hydrogen-bond acceptors (Lipinski definition) is 3. The highest BCUT2D eigenvalue weighted by atomic mass is 15.0. The molecule has 2 aliphatic carbocycles. The topological polar surface area (TPSA) is 43.6 Å². The van der Waals surface area contributed by atoms with Crippen LogP contribution in [0.15, 0.2) is 133 Å². The second-order valence-electron chi connectivity index (χ2n) is 13.4. The lowest BCUT2D eigenvalue weighted by Crippen LogP contribution is -2.15. The molecule has 226 valence electrons. The van der Waals surface area contributed by atoms with Crippen molar-refractivity contribution < 1.29 is 0 Å². The van der Waals surface area contributed by atoms with Crippen molar-refractivity contribution in [1.82, 2.24) is 19.5 Å². The van der Waals surface area contributed by atoms with E-state index in [-0.39, 0.29) is 5.41 Å². The Balaban J connectivity index is 1.41. The van der Waals surface area contributed by atoms with Gasteiger partial charge in [0.15, 0.2) is 17.5 Å². The molecule has 0 N–H and O–H groups in total. The highest BCUT2D eigenvalue weighted by molar-refractivity contribution is 6.19. The molecule has 0 spiro atoms. The van der Waals surface area contributed by atoms with Gasteiger partial charge in [-0.1, -0.05) is 136 Å². The Morgan fingerprint density at radius 3 is 1.91 bits per heavy atom. The Kier molecular flexibility index (Phi) is 6.16. The first kappa shape index (κ1) is 27.7. The van der Waals surface area contributed by atoms with E-state index in [4.69, 9.17) is 15.0 Å². The van der Waals surface area contributed by atoms with E-state index in [0.717, 1.165) is 23.1 Å². The van der Waals surface area contributed by atoms with Crippen molar-refractivity contribution in [2.45, 2.75) is 32.6 Å². The van der Waals surface area contributed by atoms with E-state index < -0.39 is 0 Å². The molecule has 1 unspecified atom stereocenters. The highest BCUT2D eigenvalue weighted by Gasteiger charge is 2.38. The first-order valence-corrected chi connectivity index (χ1v) is 16.4. The average molecular weight is 607 g/mol. The molecule has 0 fully saturated rings. The maximum Gasteiger partial charge on any atom is 0.164 e. The van der Waals surface area contributed by atoms with Crippen LogP contribution >= 0.6 is 0 Å². The van der Waals surface area contributed by atoms with Crippen molar-refractivity contribution in [2.24, 2.45) is 5.92 Å². The SMILES string of the molecule is CC1C=CC=C(n2c3cccc(-c4nc(-c5ccccc5)nc(-c5ccccc5)n4)c3c3c4c(ccc32)-c2ccccc2C4(C)C)C1. The molecule has 0 aliphatic heterocycles. The molecule has 2 heterocycles. The molecule has 7 aromatic rings. The summed E-state index contributed by atoms with van der Waals surface area (Å²) in [5.41, 5.74) is 11.8. The second-order valence-corrected chi connectivity index (χ2v) is 13.4. The molecule has 9 rings (SSSR count). The van der Waals surface area contributed by atoms with Crippen LogP contribution in [0.4, 0.5) is 0 Å². The van der Waals surface area contributed by atoms with Gasteiger partial charge in [-0.15, -0.1) is 0 Å². The molecule has 0 amide bonds. The summed E-state index contributed by atoms with van der Waals surface area (Å²) in [5, 5.41) is 2.47. The monoisotopic (exact) mass is 606 g/mol. The predicted molar refractivity (Wildman–Crippen MR) is 194 cm³/mol. The van der Waals surface area contributed by atoms with Crippen molar-refractivity contribution in [3.8, 4) is 45.3 Å². The normalized spacial score (nSPS) is 16.3. The molecule has 2 aliphatic rings. The van der Waals surface area contributed by atoms with Crippen molar-refractivity contribution in [2.75, 3.05) is 0 Å². The summed E-state index contributed by atoms with van der Waals surface area (Å²) in [6, 6.07) is 40.6. The fourth-order valence-electron chi connectivity index (χ4n) is 7.83. The standard InChI is InChI=1S/C43H34N4/c1-27-14-12-19-30(26-27)47-35-23-13-21-33(37(35)38-36(47)25-24-32-31-20-10-11-22-34(31)43(2,3)39(32)38)42-45-40(28-15-6-4-7-16-28)44-41(46-42)29-17-8-5-9-18-29/h4-25,27H,26H2,1-3H3. The number of fused-ring (bicyclic) bond motifs is 7. The number of hydrogen-bond donors (Lipinski definition) is 0. The minimum absolute atomic E-state index is 0.185. The fraction of sp³-hybridized carbons (Fsp3) is 0.140. The van der Waals surface area contributed by atoms with Crippen LogP contribution in [0.1, 0.15) is 38.3 Å². The van der Waals surface area contributed by atoms with Crippen molar-refractivity contribution in [3.63, 3.8) is 0 Å². The van der Waals surface area contributed by atoms with Crippen LogP contribution in [0.2, 0.25) is 0 Å². The van der Waals surface area contributed by atoms with Gasteiger partial charge < -0.3 is 4.57 Å². The summed E-state index contributed by atoms with van der Waals surface area (Å²) in [6.45, 7) is 7.04. The van der Waals surface area contributed by atoms with E-state index in [1.54, 1.807) is 0 Å². The lowest BCUT2D eigenvalue weighted by atomic mass is 9.80. The Hall–Kier alpha value is -5.61. The Morgan fingerprint density at radius 2 is 1.21 bits per heavy atom. The summed E-state index contributed by atoms with van der Waals surface area (Å²) >= 11 is 0. The zero-order chi connectivity index (χ0) is 31.7. The van der Waals surface area contributed by atoms with E-state index in [2.05, 4.69) is 122 Å². The first-order chi connectivity index (χ1) is 23.0. The molecule has 4 heteroatoms. The first-order valence-electron chi connectivity index (χ1n) is 16.4. The van der Waals surface area contributed by atoms with Crippen molar-refractivity contribution in [3.05, 3.63) is 145 Å². The molecule has 0 saturated heterocycles. The van der Waals surface area contributed by atoms with Gasteiger partial charge >= 0.3 is 0 Å².